The molecule has 0 aliphatic carbocycles. The topological polar surface area (TPSA) is 140 Å². The zero-order chi connectivity index (χ0) is 23.4. The zero-order valence-corrected chi connectivity index (χ0v) is 19.6. The van der Waals surface area contributed by atoms with E-state index >= 15 is 0 Å². The van der Waals surface area contributed by atoms with E-state index in [1.54, 1.807) is 10.7 Å². The third-order valence-electron chi connectivity index (χ3n) is 5.85. The molecule has 2 N–H and O–H groups in total. The lowest BCUT2D eigenvalue weighted by Gasteiger charge is -2.39. The van der Waals surface area contributed by atoms with Crippen LogP contribution in [0.4, 0.5) is 5.82 Å². The van der Waals surface area contributed by atoms with Gasteiger partial charge in [-0.15, -0.1) is 0 Å². The molecule has 3 aromatic rings. The third kappa shape index (κ3) is 3.44. The number of aryl methyl sites for hydroxylation is 1. The SMILES string of the molecule is COc1c(C(C)n2nc(C)c3c(N)ncnc32)cc(Cl)c(C#N)c1C1CN(S(C)(=O)=O)C1. The molecule has 1 saturated heterocycles. The average molecular weight is 476 g/mol. The van der Waals surface area contributed by atoms with E-state index in [0.717, 1.165) is 6.26 Å². The Labute approximate surface area is 190 Å². The number of methoxy groups -OCH3 is 1. The van der Waals surface area contributed by atoms with Crippen molar-refractivity contribution < 1.29 is 13.2 Å². The number of fused-ring (bicyclic) bond motifs is 1. The summed E-state index contributed by atoms with van der Waals surface area (Å²) < 4.78 is 32.5. The van der Waals surface area contributed by atoms with Crippen LogP contribution in [0.25, 0.3) is 11.0 Å². The average Bonchev–Trinajstić information content (AvgIpc) is 3.03. The van der Waals surface area contributed by atoms with Crippen molar-refractivity contribution in [1.29, 1.82) is 5.26 Å². The normalized spacial score (nSPS) is 16.0. The van der Waals surface area contributed by atoms with Gasteiger partial charge in [-0.3, -0.25) is 0 Å². The molecule has 1 atom stereocenters. The quantitative estimate of drug-likeness (QED) is 0.592. The van der Waals surface area contributed by atoms with Crippen LogP contribution >= 0.6 is 11.6 Å². The van der Waals surface area contributed by atoms with Gasteiger partial charge in [-0.1, -0.05) is 11.6 Å². The maximum absolute atomic E-state index is 11.9. The molecule has 3 heterocycles. The number of rotatable bonds is 5. The number of nitrogens with two attached hydrogens (primary N) is 1. The highest BCUT2D eigenvalue weighted by Crippen LogP contribution is 2.44. The van der Waals surface area contributed by atoms with Crippen LogP contribution in [0.1, 0.15) is 41.3 Å². The Balaban J connectivity index is 1.87. The summed E-state index contributed by atoms with van der Waals surface area (Å²) in [5, 5.41) is 15.3. The molecule has 4 rings (SSSR count). The Kier molecular flexibility index (Phi) is 5.48. The number of benzene rings is 1. The summed E-state index contributed by atoms with van der Waals surface area (Å²) >= 11 is 6.51. The summed E-state index contributed by atoms with van der Waals surface area (Å²) in [6, 6.07) is 3.47. The summed E-state index contributed by atoms with van der Waals surface area (Å²) in [6.07, 6.45) is 2.54. The molecule has 0 radical (unpaired) electrons. The van der Waals surface area contributed by atoms with Crippen molar-refractivity contribution in [1.82, 2.24) is 24.1 Å². The first-order valence-corrected chi connectivity index (χ1v) is 12.0. The molecule has 1 aromatic carbocycles. The number of nitrogen functional groups attached to an aromatic ring is 1. The van der Waals surface area contributed by atoms with Gasteiger partial charge in [0.25, 0.3) is 0 Å². The first-order valence-electron chi connectivity index (χ1n) is 9.79. The predicted molar refractivity (Wildman–Crippen MR) is 120 cm³/mol. The number of hydrogen-bond donors (Lipinski definition) is 1. The first-order chi connectivity index (χ1) is 15.1. The van der Waals surface area contributed by atoms with Crippen LogP contribution in [0.5, 0.6) is 5.75 Å². The van der Waals surface area contributed by atoms with Gasteiger partial charge in [0, 0.05) is 30.1 Å². The van der Waals surface area contributed by atoms with Gasteiger partial charge in [0.2, 0.25) is 10.0 Å². The van der Waals surface area contributed by atoms with Gasteiger partial charge in [0.05, 0.1) is 41.1 Å². The van der Waals surface area contributed by atoms with E-state index in [1.165, 1.54) is 17.7 Å². The fourth-order valence-electron chi connectivity index (χ4n) is 4.18. The fourth-order valence-corrected chi connectivity index (χ4v) is 5.34. The summed E-state index contributed by atoms with van der Waals surface area (Å²) in [4.78, 5) is 8.40. The number of nitriles is 1. The first kappa shape index (κ1) is 22.3. The Morgan fingerprint density at radius 3 is 2.66 bits per heavy atom. The van der Waals surface area contributed by atoms with Gasteiger partial charge in [0.1, 0.15) is 24.0 Å². The molecule has 12 heteroatoms. The van der Waals surface area contributed by atoms with Gasteiger partial charge >= 0.3 is 0 Å². The Bertz CT molecular complexity index is 1370. The van der Waals surface area contributed by atoms with Crippen LogP contribution in [0.3, 0.4) is 0 Å². The van der Waals surface area contributed by atoms with Gasteiger partial charge < -0.3 is 10.5 Å². The van der Waals surface area contributed by atoms with Crippen LogP contribution in [0.15, 0.2) is 12.4 Å². The van der Waals surface area contributed by atoms with Crippen molar-refractivity contribution in [2.75, 3.05) is 32.2 Å². The van der Waals surface area contributed by atoms with Crippen LogP contribution in [0, 0.1) is 18.3 Å². The van der Waals surface area contributed by atoms with Crippen LogP contribution in [-0.2, 0) is 10.0 Å². The minimum absolute atomic E-state index is 0.215. The van der Waals surface area contributed by atoms with Crippen molar-refractivity contribution in [3.05, 3.63) is 39.8 Å². The molecule has 1 aliphatic rings. The Hall–Kier alpha value is -2.94. The molecule has 0 spiro atoms. The lowest BCUT2D eigenvalue weighted by Crippen LogP contribution is -2.48. The van der Waals surface area contributed by atoms with E-state index in [4.69, 9.17) is 22.1 Å². The van der Waals surface area contributed by atoms with Crippen LogP contribution in [-0.4, -0.2) is 58.9 Å². The van der Waals surface area contributed by atoms with Gasteiger partial charge in [-0.2, -0.15) is 10.4 Å². The Morgan fingerprint density at radius 1 is 1.38 bits per heavy atom. The highest BCUT2D eigenvalue weighted by atomic mass is 35.5. The molecule has 32 heavy (non-hydrogen) atoms. The van der Waals surface area contributed by atoms with E-state index in [1.807, 2.05) is 13.8 Å². The fraction of sp³-hybridized carbons (Fsp3) is 0.400. The number of ether oxygens (including phenoxy) is 1. The second kappa shape index (κ2) is 7.88. The minimum Gasteiger partial charge on any atom is -0.496 e. The molecule has 168 valence electrons. The molecular formula is C20H22ClN7O3S. The highest BCUT2D eigenvalue weighted by molar-refractivity contribution is 7.88. The zero-order valence-electron chi connectivity index (χ0n) is 18.0. The lowest BCUT2D eigenvalue weighted by molar-refractivity contribution is 0.259. The van der Waals surface area contributed by atoms with E-state index in [0.29, 0.717) is 39.4 Å². The van der Waals surface area contributed by atoms with Crippen molar-refractivity contribution in [3.8, 4) is 11.8 Å². The second-order valence-electron chi connectivity index (χ2n) is 7.82. The molecular weight excluding hydrogens is 454 g/mol. The third-order valence-corrected chi connectivity index (χ3v) is 7.38. The largest absolute Gasteiger partial charge is 0.496 e. The second-order valence-corrected chi connectivity index (χ2v) is 10.2. The maximum Gasteiger partial charge on any atom is 0.211 e. The number of anilines is 1. The maximum atomic E-state index is 11.9. The number of nitrogens with zero attached hydrogens (tertiary/aromatic N) is 6. The number of sulfonamides is 1. The predicted octanol–water partition coefficient (Wildman–Crippen LogP) is 2.22. The summed E-state index contributed by atoms with van der Waals surface area (Å²) in [7, 11) is -1.80. The van der Waals surface area contributed by atoms with Crippen molar-refractivity contribution >= 4 is 38.5 Å². The van der Waals surface area contributed by atoms with Crippen LogP contribution in [0.2, 0.25) is 5.02 Å². The number of halogens is 1. The molecule has 0 amide bonds. The van der Waals surface area contributed by atoms with Gasteiger partial charge in [-0.25, -0.2) is 27.4 Å². The van der Waals surface area contributed by atoms with E-state index in [9.17, 15) is 13.7 Å². The summed E-state index contributed by atoms with van der Waals surface area (Å²) in [5.41, 5.74) is 8.87. The lowest BCUT2D eigenvalue weighted by atomic mass is 9.86. The molecule has 1 aliphatic heterocycles. The van der Waals surface area contributed by atoms with E-state index < -0.39 is 10.0 Å². The number of hydrogen-bond acceptors (Lipinski definition) is 8. The van der Waals surface area contributed by atoms with Crippen LogP contribution < -0.4 is 10.5 Å². The minimum atomic E-state index is -3.31. The smallest absolute Gasteiger partial charge is 0.211 e. The molecule has 10 nitrogen and oxygen atoms in total. The highest BCUT2D eigenvalue weighted by Gasteiger charge is 2.39. The van der Waals surface area contributed by atoms with Crippen molar-refractivity contribution in [2.24, 2.45) is 0 Å². The monoisotopic (exact) mass is 475 g/mol. The standard InChI is InChI=1S/C20H22ClN7O3S/c1-10-16-19(23)24-9-25-20(16)28(26-10)11(2)13-5-15(21)14(6-22)17(18(13)31-3)12-7-27(8-12)32(4,29)30/h5,9,11-12H,7-8H2,1-4H3,(H2,23,24,25). The molecule has 1 fully saturated rings. The molecule has 0 bridgehead atoms. The summed E-state index contributed by atoms with van der Waals surface area (Å²) in [6.45, 7) is 4.25. The van der Waals surface area contributed by atoms with E-state index in [2.05, 4.69) is 21.1 Å². The number of aromatic nitrogens is 4. The van der Waals surface area contributed by atoms with E-state index in [-0.39, 0.29) is 35.6 Å². The molecule has 2 aromatic heterocycles. The van der Waals surface area contributed by atoms with Gasteiger partial charge in [0.15, 0.2) is 5.65 Å². The summed E-state index contributed by atoms with van der Waals surface area (Å²) in [5.74, 6) is 0.611. The molecule has 0 saturated carbocycles. The Morgan fingerprint density at radius 2 is 2.06 bits per heavy atom. The van der Waals surface area contributed by atoms with Crippen molar-refractivity contribution in [2.45, 2.75) is 25.8 Å². The molecule has 1 unspecified atom stereocenters. The van der Waals surface area contributed by atoms with Gasteiger partial charge in [-0.05, 0) is 19.9 Å². The van der Waals surface area contributed by atoms with Crippen molar-refractivity contribution in [3.63, 3.8) is 0 Å².